The molecule has 1 aliphatic rings. The minimum Gasteiger partial charge on any atom is -0.467 e. The third-order valence-electron chi connectivity index (χ3n) is 3.29. The first-order valence-electron chi connectivity index (χ1n) is 7.70. The summed E-state index contributed by atoms with van der Waals surface area (Å²) in [6.07, 6.45) is 4.13. The zero-order valence-electron chi connectivity index (χ0n) is 12.9. The molecule has 1 amide bonds. The van der Waals surface area contributed by atoms with Gasteiger partial charge in [-0.15, -0.1) is 0 Å². The van der Waals surface area contributed by atoms with Crippen LogP contribution in [0.3, 0.4) is 0 Å². The Labute approximate surface area is 135 Å². The monoisotopic (exact) mass is 324 g/mol. The van der Waals surface area contributed by atoms with Crippen molar-refractivity contribution in [3.8, 4) is 0 Å². The molecule has 0 aromatic carbocycles. The third-order valence-corrected chi connectivity index (χ3v) is 4.68. The molecule has 0 bridgehead atoms. The smallest absolute Gasteiger partial charge is 0.242 e. The van der Waals surface area contributed by atoms with Crippen molar-refractivity contribution in [2.24, 2.45) is 4.99 Å². The van der Waals surface area contributed by atoms with Crippen LogP contribution in [0.5, 0.6) is 0 Å². The number of furan rings is 1. The van der Waals surface area contributed by atoms with E-state index in [-0.39, 0.29) is 12.5 Å². The quantitative estimate of drug-likeness (QED) is 0.521. The minimum atomic E-state index is -0.121. The fourth-order valence-electron chi connectivity index (χ4n) is 2.16. The van der Waals surface area contributed by atoms with E-state index in [1.54, 1.807) is 12.3 Å². The number of guanidine groups is 1. The average molecular weight is 324 g/mol. The third kappa shape index (κ3) is 6.01. The Kier molecular flexibility index (Phi) is 7.15. The van der Waals surface area contributed by atoms with Crippen LogP contribution in [0.25, 0.3) is 0 Å². The van der Waals surface area contributed by atoms with Gasteiger partial charge >= 0.3 is 0 Å². The summed E-state index contributed by atoms with van der Waals surface area (Å²) in [5.41, 5.74) is 0. The van der Waals surface area contributed by atoms with E-state index in [9.17, 15) is 4.79 Å². The van der Waals surface area contributed by atoms with Gasteiger partial charge in [-0.25, -0.2) is 4.99 Å². The zero-order valence-corrected chi connectivity index (χ0v) is 13.7. The molecule has 1 aliphatic heterocycles. The van der Waals surface area contributed by atoms with E-state index < -0.39 is 0 Å². The van der Waals surface area contributed by atoms with Crippen molar-refractivity contribution in [1.82, 2.24) is 16.0 Å². The van der Waals surface area contributed by atoms with Gasteiger partial charge in [0.25, 0.3) is 0 Å². The van der Waals surface area contributed by atoms with Crippen molar-refractivity contribution in [2.75, 3.05) is 25.4 Å². The number of carbonyl (C=O) groups is 1. The molecule has 2 rings (SSSR count). The van der Waals surface area contributed by atoms with Gasteiger partial charge in [-0.1, -0.05) is 0 Å². The molecule has 22 heavy (non-hydrogen) atoms. The second-order valence-corrected chi connectivity index (χ2v) is 6.48. The number of carbonyl (C=O) groups excluding carboxylic acids is 1. The molecule has 1 saturated heterocycles. The maximum absolute atomic E-state index is 11.8. The standard InChI is InChI=1S/C15H24N4O2S/c1-2-16-15(18-10-13-6-4-8-22-13)19-11-14(20)17-9-12-5-3-7-21-12/h3,5,7,13H,2,4,6,8-11H2,1H3,(H,17,20)(H2,16,18,19). The van der Waals surface area contributed by atoms with Crippen molar-refractivity contribution in [1.29, 1.82) is 0 Å². The molecule has 1 atom stereocenters. The van der Waals surface area contributed by atoms with Gasteiger partial charge in [0.2, 0.25) is 5.91 Å². The van der Waals surface area contributed by atoms with Crippen LogP contribution in [0.4, 0.5) is 0 Å². The van der Waals surface area contributed by atoms with Gasteiger partial charge in [0.05, 0.1) is 12.8 Å². The molecule has 1 fully saturated rings. The number of hydrogen-bond donors (Lipinski definition) is 3. The Bertz CT molecular complexity index is 470. The highest BCUT2D eigenvalue weighted by Crippen LogP contribution is 2.25. The summed E-state index contributed by atoms with van der Waals surface area (Å²) in [5.74, 6) is 2.56. The summed E-state index contributed by atoms with van der Waals surface area (Å²) >= 11 is 2.00. The van der Waals surface area contributed by atoms with Gasteiger partial charge in [0, 0.05) is 18.3 Å². The van der Waals surface area contributed by atoms with Crippen LogP contribution >= 0.6 is 11.8 Å². The predicted molar refractivity (Wildman–Crippen MR) is 90.0 cm³/mol. The Hall–Kier alpha value is -1.63. The molecule has 0 aliphatic carbocycles. The average Bonchev–Trinajstić information content (AvgIpc) is 3.21. The number of nitrogens with zero attached hydrogens (tertiary/aromatic N) is 1. The number of nitrogens with one attached hydrogen (secondary N) is 3. The molecular weight excluding hydrogens is 300 g/mol. The van der Waals surface area contributed by atoms with Crippen LogP contribution in [0.15, 0.2) is 27.8 Å². The first kappa shape index (κ1) is 16.7. The highest BCUT2D eigenvalue weighted by molar-refractivity contribution is 8.00. The molecule has 6 nitrogen and oxygen atoms in total. The van der Waals surface area contributed by atoms with E-state index in [0.717, 1.165) is 18.8 Å². The predicted octanol–water partition coefficient (Wildman–Crippen LogP) is 1.35. The maximum atomic E-state index is 11.8. The highest BCUT2D eigenvalue weighted by atomic mass is 32.2. The number of thioether (sulfide) groups is 1. The van der Waals surface area contributed by atoms with E-state index in [1.807, 2.05) is 24.8 Å². The first-order valence-corrected chi connectivity index (χ1v) is 8.75. The highest BCUT2D eigenvalue weighted by Gasteiger charge is 2.15. The summed E-state index contributed by atoms with van der Waals surface area (Å²) in [6, 6.07) is 3.63. The van der Waals surface area contributed by atoms with Crippen LogP contribution < -0.4 is 16.0 Å². The van der Waals surface area contributed by atoms with Crippen LogP contribution in [0.1, 0.15) is 25.5 Å². The van der Waals surface area contributed by atoms with Gasteiger partial charge < -0.3 is 20.4 Å². The molecule has 1 aromatic heterocycles. The van der Waals surface area contributed by atoms with Gasteiger partial charge in [-0.2, -0.15) is 11.8 Å². The summed E-state index contributed by atoms with van der Waals surface area (Å²) in [5, 5.41) is 9.90. The molecule has 0 radical (unpaired) electrons. The SMILES string of the molecule is CCNC(=NCC(=O)NCc1ccco1)NCC1CCCS1. The molecule has 1 aromatic rings. The number of aliphatic imine (C=N–C) groups is 1. The van der Waals surface area contributed by atoms with Crippen LogP contribution in [-0.4, -0.2) is 42.5 Å². The summed E-state index contributed by atoms with van der Waals surface area (Å²) < 4.78 is 5.17. The Morgan fingerprint density at radius 1 is 1.45 bits per heavy atom. The Morgan fingerprint density at radius 2 is 2.36 bits per heavy atom. The summed E-state index contributed by atoms with van der Waals surface area (Å²) in [4.78, 5) is 16.1. The second kappa shape index (κ2) is 9.40. The van der Waals surface area contributed by atoms with Gasteiger partial charge in [-0.3, -0.25) is 4.79 Å². The molecule has 2 heterocycles. The van der Waals surface area contributed by atoms with Crippen molar-refractivity contribution < 1.29 is 9.21 Å². The number of amides is 1. The van der Waals surface area contributed by atoms with Gasteiger partial charge in [-0.05, 0) is 37.7 Å². The largest absolute Gasteiger partial charge is 0.467 e. The molecule has 0 spiro atoms. The fraction of sp³-hybridized carbons (Fsp3) is 0.600. The molecule has 7 heteroatoms. The lowest BCUT2D eigenvalue weighted by molar-refractivity contribution is -0.119. The van der Waals surface area contributed by atoms with E-state index in [0.29, 0.717) is 17.8 Å². The van der Waals surface area contributed by atoms with E-state index in [1.165, 1.54) is 18.6 Å². The minimum absolute atomic E-state index is 0.105. The summed E-state index contributed by atoms with van der Waals surface area (Å²) in [7, 11) is 0. The van der Waals surface area contributed by atoms with Crippen molar-refractivity contribution >= 4 is 23.6 Å². The topological polar surface area (TPSA) is 78.7 Å². The maximum Gasteiger partial charge on any atom is 0.242 e. The van der Waals surface area contributed by atoms with Crippen LogP contribution in [0, 0.1) is 0 Å². The van der Waals surface area contributed by atoms with E-state index in [4.69, 9.17) is 4.42 Å². The fourth-order valence-corrected chi connectivity index (χ4v) is 3.36. The van der Waals surface area contributed by atoms with Gasteiger partial charge in [0.1, 0.15) is 12.3 Å². The molecule has 0 saturated carbocycles. The lowest BCUT2D eigenvalue weighted by Crippen LogP contribution is -2.41. The lowest BCUT2D eigenvalue weighted by atomic mass is 10.2. The summed E-state index contributed by atoms with van der Waals surface area (Å²) in [6.45, 7) is 4.18. The molecular formula is C15H24N4O2S. The zero-order chi connectivity index (χ0) is 15.6. The lowest BCUT2D eigenvalue weighted by Gasteiger charge is -2.14. The molecule has 1 unspecified atom stereocenters. The number of hydrogen-bond acceptors (Lipinski definition) is 4. The van der Waals surface area contributed by atoms with Crippen LogP contribution in [0.2, 0.25) is 0 Å². The van der Waals surface area contributed by atoms with E-state index in [2.05, 4.69) is 20.9 Å². The van der Waals surface area contributed by atoms with Crippen molar-refractivity contribution in [3.63, 3.8) is 0 Å². The van der Waals surface area contributed by atoms with Crippen LogP contribution in [-0.2, 0) is 11.3 Å². The van der Waals surface area contributed by atoms with Crippen molar-refractivity contribution in [3.05, 3.63) is 24.2 Å². The normalized spacial score (nSPS) is 18.2. The Morgan fingerprint density at radius 3 is 3.05 bits per heavy atom. The van der Waals surface area contributed by atoms with E-state index >= 15 is 0 Å². The molecule has 122 valence electrons. The van der Waals surface area contributed by atoms with Crippen molar-refractivity contribution in [2.45, 2.75) is 31.6 Å². The first-order chi connectivity index (χ1) is 10.8. The molecule has 3 N–H and O–H groups in total. The second-order valence-electron chi connectivity index (χ2n) is 5.07. The Balaban J connectivity index is 1.71. The number of rotatable bonds is 7. The van der Waals surface area contributed by atoms with Gasteiger partial charge in [0.15, 0.2) is 5.96 Å².